The summed E-state index contributed by atoms with van der Waals surface area (Å²) < 4.78 is 10.2. The Morgan fingerprint density at radius 1 is 1.32 bits per heavy atom. The van der Waals surface area contributed by atoms with Gasteiger partial charge in [0.25, 0.3) is 0 Å². The summed E-state index contributed by atoms with van der Waals surface area (Å²) in [6.45, 7) is 10.1. The van der Waals surface area contributed by atoms with E-state index in [4.69, 9.17) is 9.47 Å². The number of rotatable bonds is 3. The average Bonchev–Trinajstić information content (AvgIpc) is 2.51. The van der Waals surface area contributed by atoms with E-state index in [1.165, 1.54) is 7.11 Å². The molecule has 19 heavy (non-hydrogen) atoms. The molecule has 5 nitrogen and oxygen atoms in total. The summed E-state index contributed by atoms with van der Waals surface area (Å²) in [7, 11) is 1.36. The summed E-state index contributed by atoms with van der Waals surface area (Å²) in [6.07, 6.45) is 0.233. The van der Waals surface area contributed by atoms with Crippen molar-refractivity contribution in [2.45, 2.75) is 52.2 Å². The molecule has 1 aliphatic heterocycles. The first-order chi connectivity index (χ1) is 8.57. The maximum Gasteiger partial charge on any atom is 0.311 e. The fraction of sp³-hybridized carbons (Fsp3) is 0.857. The lowest BCUT2D eigenvalue weighted by Crippen LogP contribution is -2.45. The number of carbonyl (C=O) groups is 2. The fourth-order valence-corrected chi connectivity index (χ4v) is 2.55. The van der Waals surface area contributed by atoms with Crippen LogP contribution in [0.5, 0.6) is 0 Å². The minimum Gasteiger partial charge on any atom is -0.469 e. The van der Waals surface area contributed by atoms with Crippen molar-refractivity contribution in [1.82, 2.24) is 5.32 Å². The van der Waals surface area contributed by atoms with E-state index in [2.05, 4.69) is 5.32 Å². The molecule has 1 rings (SSSR count). The molecule has 1 fully saturated rings. The van der Waals surface area contributed by atoms with Crippen LogP contribution in [-0.4, -0.2) is 36.7 Å². The van der Waals surface area contributed by atoms with Gasteiger partial charge in [0.15, 0.2) is 0 Å². The third-order valence-corrected chi connectivity index (χ3v) is 3.39. The number of carbonyl (C=O) groups excluding carboxylic acids is 2. The summed E-state index contributed by atoms with van der Waals surface area (Å²) in [5, 5.41) is 3.28. The third-order valence-electron chi connectivity index (χ3n) is 3.39. The molecule has 0 aromatic rings. The zero-order chi connectivity index (χ0) is 14.8. The first kappa shape index (κ1) is 16.0. The van der Waals surface area contributed by atoms with Crippen LogP contribution in [0.4, 0.5) is 0 Å². The zero-order valence-electron chi connectivity index (χ0n) is 12.7. The molecule has 0 amide bonds. The number of nitrogens with one attached hydrogen (secondary N) is 1. The van der Waals surface area contributed by atoms with Gasteiger partial charge in [-0.25, -0.2) is 0 Å². The van der Waals surface area contributed by atoms with Crippen LogP contribution >= 0.6 is 0 Å². The Morgan fingerprint density at radius 3 is 2.37 bits per heavy atom. The SMILES string of the molecule is COC(=O)C[C@@H]1CNC(C)(C)[C@H]1C(=O)OC(C)(C)C. The standard InChI is InChI=1S/C14H25NO4/c1-13(2,3)19-12(17)11-9(7-10(16)18-6)8-15-14(11,4)5/h9,11,15H,7-8H2,1-6H3/t9-,11-/m1/s1. The predicted octanol–water partition coefficient (Wildman–Crippen LogP) is 1.51. The Bertz CT molecular complexity index is 357. The predicted molar refractivity (Wildman–Crippen MR) is 71.5 cm³/mol. The molecule has 2 atom stereocenters. The van der Waals surface area contributed by atoms with Gasteiger partial charge in [0.1, 0.15) is 5.60 Å². The lowest BCUT2D eigenvalue weighted by molar-refractivity contribution is -0.163. The summed E-state index contributed by atoms with van der Waals surface area (Å²) >= 11 is 0. The molecule has 0 aliphatic carbocycles. The van der Waals surface area contributed by atoms with Crippen LogP contribution in [0, 0.1) is 11.8 Å². The molecule has 0 radical (unpaired) electrons. The van der Waals surface area contributed by atoms with Gasteiger partial charge in [-0.05, 0) is 47.1 Å². The van der Waals surface area contributed by atoms with Crippen molar-refractivity contribution in [3.63, 3.8) is 0 Å². The fourth-order valence-electron chi connectivity index (χ4n) is 2.55. The van der Waals surface area contributed by atoms with Gasteiger partial charge in [-0.2, -0.15) is 0 Å². The van der Waals surface area contributed by atoms with E-state index in [-0.39, 0.29) is 35.7 Å². The van der Waals surface area contributed by atoms with E-state index in [0.717, 1.165) is 0 Å². The van der Waals surface area contributed by atoms with Crippen molar-refractivity contribution >= 4 is 11.9 Å². The number of methoxy groups -OCH3 is 1. The lowest BCUT2D eigenvalue weighted by Gasteiger charge is -2.31. The van der Waals surface area contributed by atoms with Crippen molar-refractivity contribution in [2.24, 2.45) is 11.8 Å². The highest BCUT2D eigenvalue weighted by Crippen LogP contribution is 2.35. The van der Waals surface area contributed by atoms with Gasteiger partial charge < -0.3 is 14.8 Å². The van der Waals surface area contributed by atoms with Gasteiger partial charge in [0, 0.05) is 5.54 Å². The second kappa shape index (κ2) is 5.49. The quantitative estimate of drug-likeness (QED) is 0.788. The molecule has 0 saturated carbocycles. The van der Waals surface area contributed by atoms with E-state index < -0.39 is 5.60 Å². The van der Waals surface area contributed by atoms with E-state index in [1.54, 1.807) is 0 Å². The molecular weight excluding hydrogens is 246 g/mol. The highest BCUT2D eigenvalue weighted by molar-refractivity contribution is 5.77. The van der Waals surface area contributed by atoms with Gasteiger partial charge in [-0.1, -0.05) is 0 Å². The van der Waals surface area contributed by atoms with Crippen molar-refractivity contribution in [3.05, 3.63) is 0 Å². The first-order valence-electron chi connectivity index (χ1n) is 6.61. The molecule has 0 unspecified atom stereocenters. The Labute approximate surface area is 115 Å². The number of hydrogen-bond donors (Lipinski definition) is 1. The zero-order valence-corrected chi connectivity index (χ0v) is 12.7. The van der Waals surface area contributed by atoms with Crippen molar-refractivity contribution in [3.8, 4) is 0 Å². The minimum absolute atomic E-state index is 0.0858. The van der Waals surface area contributed by atoms with Crippen LogP contribution in [0.1, 0.15) is 41.0 Å². The largest absolute Gasteiger partial charge is 0.469 e. The number of hydrogen-bond acceptors (Lipinski definition) is 5. The number of esters is 2. The summed E-state index contributed by atoms with van der Waals surface area (Å²) in [6, 6.07) is 0. The normalized spacial score (nSPS) is 26.0. The Balaban J connectivity index is 2.84. The lowest BCUT2D eigenvalue weighted by atomic mass is 9.81. The van der Waals surface area contributed by atoms with Gasteiger partial charge in [-0.15, -0.1) is 0 Å². The van der Waals surface area contributed by atoms with Crippen LogP contribution in [0.2, 0.25) is 0 Å². The van der Waals surface area contributed by atoms with Gasteiger partial charge in [-0.3, -0.25) is 9.59 Å². The summed E-state index contributed by atoms with van der Waals surface area (Å²) in [5.74, 6) is -0.974. The van der Waals surface area contributed by atoms with Crippen molar-refractivity contribution in [2.75, 3.05) is 13.7 Å². The molecule has 1 saturated heterocycles. The number of ether oxygens (including phenoxy) is 2. The molecule has 1 N–H and O–H groups in total. The van der Waals surface area contributed by atoms with Crippen LogP contribution in [0.25, 0.3) is 0 Å². The van der Waals surface area contributed by atoms with Crippen molar-refractivity contribution < 1.29 is 19.1 Å². The molecule has 0 spiro atoms. The third kappa shape index (κ3) is 4.20. The Kier molecular flexibility index (Phi) is 4.61. The molecule has 1 aliphatic rings. The molecule has 0 aromatic heterocycles. The van der Waals surface area contributed by atoms with Crippen LogP contribution in [0.3, 0.4) is 0 Å². The molecule has 5 heteroatoms. The molecule has 0 bridgehead atoms. The molecule has 110 valence electrons. The van der Waals surface area contributed by atoms with Crippen molar-refractivity contribution in [1.29, 1.82) is 0 Å². The highest BCUT2D eigenvalue weighted by Gasteiger charge is 2.48. The highest BCUT2D eigenvalue weighted by atomic mass is 16.6. The summed E-state index contributed by atoms with van der Waals surface area (Å²) in [5.41, 5.74) is -0.896. The van der Waals surface area contributed by atoms with Gasteiger partial charge in [0.05, 0.1) is 19.4 Å². The van der Waals surface area contributed by atoms with E-state index in [1.807, 2.05) is 34.6 Å². The van der Waals surface area contributed by atoms with Crippen LogP contribution in [-0.2, 0) is 19.1 Å². The second-order valence-corrected chi connectivity index (χ2v) is 6.65. The van der Waals surface area contributed by atoms with Crippen LogP contribution < -0.4 is 5.32 Å². The molecular formula is C14H25NO4. The molecule has 1 heterocycles. The van der Waals surface area contributed by atoms with E-state index in [9.17, 15) is 9.59 Å². The summed E-state index contributed by atoms with van der Waals surface area (Å²) in [4.78, 5) is 23.8. The molecule has 0 aromatic carbocycles. The first-order valence-corrected chi connectivity index (χ1v) is 6.61. The Morgan fingerprint density at radius 2 is 1.89 bits per heavy atom. The van der Waals surface area contributed by atoms with Gasteiger partial charge >= 0.3 is 11.9 Å². The van der Waals surface area contributed by atoms with Crippen LogP contribution in [0.15, 0.2) is 0 Å². The monoisotopic (exact) mass is 271 g/mol. The smallest absolute Gasteiger partial charge is 0.311 e. The maximum absolute atomic E-state index is 12.3. The second-order valence-electron chi connectivity index (χ2n) is 6.65. The van der Waals surface area contributed by atoms with Gasteiger partial charge in [0.2, 0.25) is 0 Å². The topological polar surface area (TPSA) is 64.6 Å². The minimum atomic E-state index is -0.522. The maximum atomic E-state index is 12.3. The Hall–Kier alpha value is -1.10. The van der Waals surface area contributed by atoms with E-state index >= 15 is 0 Å². The van der Waals surface area contributed by atoms with E-state index in [0.29, 0.717) is 6.54 Å². The average molecular weight is 271 g/mol.